The number of nitrogens with zero attached hydrogens (tertiary/aromatic N) is 4. The Morgan fingerprint density at radius 3 is 2.63 bits per heavy atom. The molecular formula is C22H27N5O2S. The van der Waals surface area contributed by atoms with E-state index in [1.807, 2.05) is 19.2 Å². The molecule has 2 aromatic heterocycles. The predicted molar refractivity (Wildman–Crippen MR) is 120 cm³/mol. The second-order valence-electron chi connectivity index (χ2n) is 8.29. The van der Waals surface area contributed by atoms with Gasteiger partial charge in [-0.1, -0.05) is 25.1 Å². The monoisotopic (exact) mass is 425 g/mol. The Kier molecular flexibility index (Phi) is 5.97. The minimum atomic E-state index is -0.353. The van der Waals surface area contributed by atoms with Crippen LogP contribution in [0.4, 0.5) is 5.13 Å². The molecule has 1 saturated heterocycles. The molecule has 8 heteroatoms. The van der Waals surface area contributed by atoms with Gasteiger partial charge in [0.1, 0.15) is 0 Å². The van der Waals surface area contributed by atoms with E-state index in [-0.39, 0.29) is 23.2 Å². The average Bonchev–Trinajstić information content (AvgIpc) is 3.16. The van der Waals surface area contributed by atoms with Gasteiger partial charge < -0.3 is 0 Å². The van der Waals surface area contributed by atoms with Crippen molar-refractivity contribution in [3.8, 4) is 0 Å². The van der Waals surface area contributed by atoms with Gasteiger partial charge in [-0.3, -0.25) is 19.8 Å². The second kappa shape index (κ2) is 8.65. The first kappa shape index (κ1) is 20.7. The first-order valence-electron chi connectivity index (χ1n) is 10.4. The zero-order valence-electron chi connectivity index (χ0n) is 17.6. The molecule has 0 aliphatic carbocycles. The maximum Gasteiger partial charge on any atom is 0.278 e. The van der Waals surface area contributed by atoms with Gasteiger partial charge in [0, 0.05) is 17.3 Å². The highest BCUT2D eigenvalue weighted by molar-refractivity contribution is 7.14. The van der Waals surface area contributed by atoms with E-state index in [0.29, 0.717) is 15.9 Å². The van der Waals surface area contributed by atoms with Gasteiger partial charge in [-0.05, 0) is 51.8 Å². The Balaban J connectivity index is 1.55. The summed E-state index contributed by atoms with van der Waals surface area (Å²) in [4.78, 5) is 32.7. The predicted octanol–water partition coefficient (Wildman–Crippen LogP) is 3.92. The van der Waals surface area contributed by atoms with Crippen LogP contribution in [0, 0.1) is 5.92 Å². The highest BCUT2D eigenvalue weighted by atomic mass is 32.1. The van der Waals surface area contributed by atoms with E-state index in [2.05, 4.69) is 27.2 Å². The molecule has 0 atom stereocenters. The number of nitrogens with one attached hydrogen (secondary N) is 1. The maximum atomic E-state index is 13.0. The first-order chi connectivity index (χ1) is 14.4. The summed E-state index contributed by atoms with van der Waals surface area (Å²) >= 11 is 1.41. The number of aromatic nitrogens is 3. The van der Waals surface area contributed by atoms with Crippen LogP contribution >= 0.6 is 11.3 Å². The summed E-state index contributed by atoms with van der Waals surface area (Å²) in [5.74, 6) is 0.441. The molecule has 1 amide bonds. The molecular weight excluding hydrogens is 398 g/mol. The van der Waals surface area contributed by atoms with Crippen LogP contribution in [0.2, 0.25) is 0 Å². The molecule has 1 N–H and O–H groups in total. The number of carbonyl (C=O) groups is 1. The van der Waals surface area contributed by atoms with E-state index in [1.165, 1.54) is 28.9 Å². The smallest absolute Gasteiger partial charge is 0.278 e. The maximum absolute atomic E-state index is 13.0. The lowest BCUT2D eigenvalue weighted by atomic mass is 9.99. The van der Waals surface area contributed by atoms with Gasteiger partial charge in [0.05, 0.1) is 17.1 Å². The Bertz CT molecular complexity index is 1110. The molecule has 30 heavy (non-hydrogen) atoms. The van der Waals surface area contributed by atoms with Crippen molar-refractivity contribution in [3.63, 3.8) is 0 Å². The van der Waals surface area contributed by atoms with Crippen molar-refractivity contribution in [2.45, 2.75) is 46.2 Å². The normalized spacial score (nSPS) is 15.7. The van der Waals surface area contributed by atoms with Crippen LogP contribution < -0.4 is 10.9 Å². The van der Waals surface area contributed by atoms with Crippen LogP contribution in [0.15, 0.2) is 34.4 Å². The number of piperidine rings is 1. The van der Waals surface area contributed by atoms with Crippen molar-refractivity contribution in [2.75, 3.05) is 18.4 Å². The molecule has 0 saturated carbocycles. The summed E-state index contributed by atoms with van der Waals surface area (Å²) in [5.41, 5.74) is 1.01. The van der Waals surface area contributed by atoms with Gasteiger partial charge in [-0.15, -0.1) is 11.3 Å². The molecule has 3 heterocycles. The Labute approximate surface area is 179 Å². The Morgan fingerprint density at radius 2 is 1.93 bits per heavy atom. The van der Waals surface area contributed by atoms with Crippen LogP contribution in [0.5, 0.6) is 0 Å². The largest absolute Gasteiger partial charge is 0.297 e. The van der Waals surface area contributed by atoms with Crippen LogP contribution in [0.25, 0.3) is 10.8 Å². The van der Waals surface area contributed by atoms with Crippen molar-refractivity contribution in [1.29, 1.82) is 0 Å². The highest BCUT2D eigenvalue weighted by Crippen LogP contribution is 2.22. The minimum absolute atomic E-state index is 0.146. The molecule has 1 aliphatic heterocycles. The molecule has 0 bridgehead atoms. The summed E-state index contributed by atoms with van der Waals surface area (Å²) in [6.07, 6.45) is 2.44. The lowest BCUT2D eigenvalue weighted by Gasteiger charge is -2.29. The molecule has 1 fully saturated rings. The van der Waals surface area contributed by atoms with E-state index in [1.54, 1.807) is 24.3 Å². The van der Waals surface area contributed by atoms with Crippen molar-refractivity contribution >= 4 is 33.1 Å². The van der Waals surface area contributed by atoms with Gasteiger partial charge in [0.15, 0.2) is 10.8 Å². The van der Waals surface area contributed by atoms with Gasteiger partial charge in [0.2, 0.25) is 0 Å². The number of likely N-dealkylation sites (tertiary alicyclic amines) is 1. The topological polar surface area (TPSA) is 80.1 Å². The Morgan fingerprint density at radius 1 is 1.23 bits per heavy atom. The van der Waals surface area contributed by atoms with Gasteiger partial charge in [0.25, 0.3) is 11.5 Å². The van der Waals surface area contributed by atoms with Crippen LogP contribution in [0.3, 0.4) is 0 Å². The fourth-order valence-corrected chi connectivity index (χ4v) is 4.46. The zero-order valence-corrected chi connectivity index (χ0v) is 18.4. The summed E-state index contributed by atoms with van der Waals surface area (Å²) in [7, 11) is 0. The van der Waals surface area contributed by atoms with Crippen molar-refractivity contribution in [2.24, 2.45) is 5.92 Å². The number of rotatable bonds is 5. The standard InChI is InChI=1S/C22H27N5O2S/c1-14(2)27-21(29)18-7-5-4-6-17(18)19(25-27)20(28)24-22-23-16(13-30-22)12-26-10-8-15(3)9-11-26/h4-7,13-15H,8-12H2,1-3H3,(H,23,24,28). The second-order valence-corrected chi connectivity index (χ2v) is 9.15. The molecule has 0 radical (unpaired) electrons. The summed E-state index contributed by atoms with van der Waals surface area (Å²) in [6.45, 7) is 9.03. The van der Waals surface area contributed by atoms with E-state index >= 15 is 0 Å². The highest BCUT2D eigenvalue weighted by Gasteiger charge is 2.20. The number of hydrogen-bond acceptors (Lipinski definition) is 6. The van der Waals surface area contributed by atoms with Gasteiger partial charge in [-0.2, -0.15) is 5.10 Å². The van der Waals surface area contributed by atoms with Gasteiger partial charge >= 0.3 is 0 Å². The van der Waals surface area contributed by atoms with E-state index in [9.17, 15) is 9.59 Å². The van der Waals surface area contributed by atoms with E-state index in [4.69, 9.17) is 0 Å². The van der Waals surface area contributed by atoms with E-state index < -0.39 is 0 Å². The van der Waals surface area contributed by atoms with Crippen LogP contribution in [-0.2, 0) is 6.54 Å². The SMILES string of the molecule is CC1CCN(Cc2csc(NC(=O)c3nn(C(C)C)c(=O)c4ccccc34)n2)CC1. The quantitative estimate of drug-likeness (QED) is 0.670. The third-order valence-corrected chi connectivity index (χ3v) is 6.37. The van der Waals surface area contributed by atoms with Crippen LogP contribution in [-0.4, -0.2) is 38.7 Å². The first-order valence-corrected chi connectivity index (χ1v) is 11.3. The number of benzene rings is 1. The molecule has 4 rings (SSSR count). The number of anilines is 1. The van der Waals surface area contributed by atoms with Crippen molar-refractivity contribution in [1.82, 2.24) is 19.7 Å². The average molecular weight is 426 g/mol. The minimum Gasteiger partial charge on any atom is -0.297 e. The summed E-state index contributed by atoms with van der Waals surface area (Å²) in [6, 6.07) is 6.95. The molecule has 3 aromatic rings. The molecule has 7 nitrogen and oxygen atoms in total. The zero-order chi connectivity index (χ0) is 21.3. The van der Waals surface area contributed by atoms with Crippen molar-refractivity contribution < 1.29 is 4.79 Å². The number of amides is 1. The van der Waals surface area contributed by atoms with E-state index in [0.717, 1.165) is 31.2 Å². The molecule has 0 unspecified atom stereocenters. The third-order valence-electron chi connectivity index (χ3n) is 5.57. The molecule has 1 aromatic carbocycles. The molecule has 1 aliphatic rings. The fraction of sp³-hybridized carbons (Fsp3) is 0.455. The number of thiazole rings is 1. The fourth-order valence-electron chi connectivity index (χ4n) is 3.77. The number of fused-ring (bicyclic) bond motifs is 1. The molecule has 0 spiro atoms. The van der Waals surface area contributed by atoms with Crippen LogP contribution in [0.1, 0.15) is 55.8 Å². The lowest BCUT2D eigenvalue weighted by Crippen LogP contribution is -2.32. The number of carbonyl (C=O) groups excluding carboxylic acids is 1. The van der Waals surface area contributed by atoms with Gasteiger partial charge in [-0.25, -0.2) is 9.67 Å². The summed E-state index contributed by atoms with van der Waals surface area (Å²) in [5, 5.41) is 10.8. The molecule has 158 valence electrons. The summed E-state index contributed by atoms with van der Waals surface area (Å²) < 4.78 is 1.36. The lowest BCUT2D eigenvalue weighted by molar-refractivity contribution is 0.102. The number of hydrogen-bond donors (Lipinski definition) is 1. The van der Waals surface area contributed by atoms with Crippen molar-refractivity contribution in [3.05, 3.63) is 51.4 Å². The third kappa shape index (κ3) is 4.29. The Hall–Kier alpha value is -2.58.